The van der Waals surface area contributed by atoms with Crippen molar-refractivity contribution < 1.29 is 9.53 Å². The number of hydrogen-bond acceptors (Lipinski definition) is 5. The van der Waals surface area contributed by atoms with E-state index in [9.17, 15) is 9.59 Å². The highest BCUT2D eigenvalue weighted by Gasteiger charge is 2.20. The quantitative estimate of drug-likeness (QED) is 0.842. The Balaban J connectivity index is 2.26. The molecule has 0 atom stereocenters. The third-order valence-corrected chi connectivity index (χ3v) is 4.01. The minimum atomic E-state index is -0.197. The number of carbonyl (C=O) groups is 1. The van der Waals surface area contributed by atoms with Gasteiger partial charge in [0.15, 0.2) is 0 Å². The number of aryl methyl sites for hydroxylation is 1. The van der Waals surface area contributed by atoms with E-state index in [-0.39, 0.29) is 11.5 Å². The molecule has 2 aromatic heterocycles. The van der Waals surface area contributed by atoms with Gasteiger partial charge in [-0.3, -0.25) is 9.59 Å². The van der Waals surface area contributed by atoms with Crippen molar-refractivity contribution in [2.24, 2.45) is 0 Å². The average molecular weight is 321 g/mol. The number of aromatic nitrogens is 2. The lowest BCUT2D eigenvalue weighted by Crippen LogP contribution is -2.34. The van der Waals surface area contributed by atoms with Crippen molar-refractivity contribution in [3.8, 4) is 0 Å². The predicted octanol–water partition coefficient (Wildman–Crippen LogP) is 1.68. The number of thiazole rings is 1. The van der Waals surface area contributed by atoms with Crippen LogP contribution in [0.5, 0.6) is 0 Å². The first-order valence-electron chi connectivity index (χ1n) is 7.04. The lowest BCUT2D eigenvalue weighted by atomic mass is 10.1. The van der Waals surface area contributed by atoms with Crippen molar-refractivity contribution in [3.05, 3.63) is 50.3 Å². The number of H-pyrrole nitrogens is 1. The van der Waals surface area contributed by atoms with Crippen molar-refractivity contribution in [1.29, 1.82) is 0 Å². The standard InChI is InChI=1S/C15H19N3O3S/c1-3-12-11(4-5-13(19)17-12)15(20)18(7-8-21-2)10-14-16-6-9-22-14/h4-6,9H,3,7-8,10H2,1-2H3,(H,17,19). The Morgan fingerprint density at radius 3 is 2.91 bits per heavy atom. The average Bonchev–Trinajstić information content (AvgIpc) is 3.03. The number of nitrogens with zero attached hydrogens (tertiary/aromatic N) is 2. The molecule has 0 aliphatic carbocycles. The molecule has 0 aromatic carbocycles. The minimum absolute atomic E-state index is 0.125. The summed E-state index contributed by atoms with van der Waals surface area (Å²) >= 11 is 1.51. The molecule has 1 N–H and O–H groups in total. The highest BCUT2D eigenvalue weighted by Crippen LogP contribution is 2.13. The zero-order valence-corrected chi connectivity index (χ0v) is 13.5. The molecular weight excluding hydrogens is 302 g/mol. The summed E-state index contributed by atoms with van der Waals surface area (Å²) < 4.78 is 5.08. The maximum Gasteiger partial charge on any atom is 0.256 e. The van der Waals surface area contributed by atoms with Gasteiger partial charge in [0.2, 0.25) is 5.56 Å². The first-order chi connectivity index (χ1) is 10.7. The fourth-order valence-electron chi connectivity index (χ4n) is 2.12. The summed E-state index contributed by atoms with van der Waals surface area (Å²) in [6.07, 6.45) is 2.31. The molecule has 22 heavy (non-hydrogen) atoms. The molecule has 2 aromatic rings. The lowest BCUT2D eigenvalue weighted by molar-refractivity contribution is 0.0678. The van der Waals surface area contributed by atoms with Crippen molar-refractivity contribution in [2.75, 3.05) is 20.3 Å². The van der Waals surface area contributed by atoms with Crippen molar-refractivity contribution >= 4 is 17.2 Å². The molecule has 6 nitrogen and oxygen atoms in total. The van der Waals surface area contributed by atoms with E-state index in [1.165, 1.54) is 17.4 Å². The summed E-state index contributed by atoms with van der Waals surface area (Å²) in [6, 6.07) is 2.96. The zero-order chi connectivity index (χ0) is 15.9. The number of pyridine rings is 1. The van der Waals surface area contributed by atoms with Gasteiger partial charge in [-0.25, -0.2) is 4.98 Å². The number of aromatic amines is 1. The molecule has 0 spiro atoms. The van der Waals surface area contributed by atoms with Gasteiger partial charge < -0.3 is 14.6 Å². The molecule has 0 unspecified atom stereocenters. The highest BCUT2D eigenvalue weighted by molar-refractivity contribution is 7.09. The molecule has 2 rings (SSSR count). The van der Waals surface area contributed by atoms with Gasteiger partial charge in [-0.1, -0.05) is 6.92 Å². The third kappa shape index (κ3) is 4.02. The summed E-state index contributed by atoms with van der Waals surface area (Å²) in [5.41, 5.74) is 0.977. The monoisotopic (exact) mass is 321 g/mol. The van der Waals surface area contributed by atoms with Crippen LogP contribution in [-0.4, -0.2) is 41.0 Å². The van der Waals surface area contributed by atoms with Gasteiger partial charge in [-0.2, -0.15) is 0 Å². The number of ether oxygens (including phenoxy) is 1. The molecule has 1 amide bonds. The van der Waals surface area contributed by atoms with Crippen molar-refractivity contribution in [1.82, 2.24) is 14.9 Å². The Morgan fingerprint density at radius 1 is 1.45 bits per heavy atom. The maximum atomic E-state index is 12.8. The van der Waals surface area contributed by atoms with E-state index in [0.29, 0.717) is 37.4 Å². The van der Waals surface area contributed by atoms with Crippen LogP contribution in [0.2, 0.25) is 0 Å². The first kappa shape index (κ1) is 16.4. The lowest BCUT2D eigenvalue weighted by Gasteiger charge is -2.22. The van der Waals surface area contributed by atoms with E-state index in [0.717, 1.165) is 5.01 Å². The van der Waals surface area contributed by atoms with Crippen LogP contribution in [0.25, 0.3) is 0 Å². The zero-order valence-electron chi connectivity index (χ0n) is 12.7. The fourth-order valence-corrected chi connectivity index (χ4v) is 2.75. The topological polar surface area (TPSA) is 75.3 Å². The summed E-state index contributed by atoms with van der Waals surface area (Å²) in [6.45, 7) is 3.25. The predicted molar refractivity (Wildman–Crippen MR) is 85.2 cm³/mol. The van der Waals surface area contributed by atoms with Gasteiger partial charge in [0.05, 0.1) is 18.7 Å². The number of hydrogen-bond donors (Lipinski definition) is 1. The second kappa shape index (κ2) is 7.86. The third-order valence-electron chi connectivity index (χ3n) is 3.25. The molecule has 7 heteroatoms. The number of amides is 1. The summed E-state index contributed by atoms with van der Waals surface area (Å²) in [5.74, 6) is -0.125. The van der Waals surface area contributed by atoms with Crippen molar-refractivity contribution in [2.45, 2.75) is 19.9 Å². The van der Waals surface area contributed by atoms with Crippen LogP contribution >= 0.6 is 11.3 Å². The van der Waals surface area contributed by atoms with E-state index in [1.54, 1.807) is 24.3 Å². The molecule has 0 fully saturated rings. The van der Waals surface area contributed by atoms with E-state index in [2.05, 4.69) is 9.97 Å². The molecule has 0 radical (unpaired) electrons. The molecule has 2 heterocycles. The van der Waals surface area contributed by atoms with Crippen LogP contribution in [-0.2, 0) is 17.7 Å². The van der Waals surface area contributed by atoms with Gasteiger partial charge in [0.25, 0.3) is 5.91 Å². The van der Waals surface area contributed by atoms with Crippen LogP contribution in [0.1, 0.15) is 28.0 Å². The summed E-state index contributed by atoms with van der Waals surface area (Å²) in [7, 11) is 1.60. The highest BCUT2D eigenvalue weighted by atomic mass is 32.1. The summed E-state index contributed by atoms with van der Waals surface area (Å²) in [4.78, 5) is 32.8. The minimum Gasteiger partial charge on any atom is -0.383 e. The number of rotatable bonds is 7. The molecule has 0 bridgehead atoms. The molecule has 0 saturated heterocycles. The Labute approximate surface area is 132 Å². The van der Waals surface area contributed by atoms with Crippen molar-refractivity contribution in [3.63, 3.8) is 0 Å². The maximum absolute atomic E-state index is 12.8. The van der Waals surface area contributed by atoms with E-state index < -0.39 is 0 Å². The smallest absolute Gasteiger partial charge is 0.256 e. The van der Waals surface area contributed by atoms with E-state index in [4.69, 9.17) is 4.74 Å². The van der Waals surface area contributed by atoms with Crippen LogP contribution in [0.15, 0.2) is 28.5 Å². The second-order valence-electron chi connectivity index (χ2n) is 4.71. The van der Waals surface area contributed by atoms with Crippen LogP contribution in [0, 0.1) is 0 Å². The largest absolute Gasteiger partial charge is 0.383 e. The Bertz CT molecular complexity index is 667. The Kier molecular flexibility index (Phi) is 5.85. The normalized spacial score (nSPS) is 10.6. The molecule has 118 valence electrons. The second-order valence-corrected chi connectivity index (χ2v) is 5.69. The molecular formula is C15H19N3O3S. The first-order valence-corrected chi connectivity index (χ1v) is 7.92. The Hall–Kier alpha value is -1.99. The van der Waals surface area contributed by atoms with Gasteiger partial charge >= 0.3 is 0 Å². The van der Waals surface area contributed by atoms with E-state index >= 15 is 0 Å². The van der Waals surface area contributed by atoms with E-state index in [1.807, 2.05) is 12.3 Å². The number of nitrogens with one attached hydrogen (secondary N) is 1. The van der Waals surface area contributed by atoms with Gasteiger partial charge in [0.1, 0.15) is 5.01 Å². The van der Waals surface area contributed by atoms with Crippen LogP contribution in [0.3, 0.4) is 0 Å². The van der Waals surface area contributed by atoms with Crippen LogP contribution in [0.4, 0.5) is 0 Å². The molecule has 0 aliphatic heterocycles. The number of carbonyl (C=O) groups excluding carboxylic acids is 1. The SMILES string of the molecule is CCc1[nH]c(=O)ccc1C(=O)N(CCOC)Cc1nccs1. The Morgan fingerprint density at radius 2 is 2.27 bits per heavy atom. The fraction of sp³-hybridized carbons (Fsp3) is 0.400. The summed E-state index contributed by atoms with van der Waals surface area (Å²) in [5, 5.41) is 2.75. The van der Waals surface area contributed by atoms with Gasteiger partial charge in [-0.15, -0.1) is 11.3 Å². The molecule has 0 saturated carbocycles. The van der Waals surface area contributed by atoms with Gasteiger partial charge in [0, 0.05) is 37.0 Å². The van der Waals surface area contributed by atoms with Crippen LogP contribution < -0.4 is 5.56 Å². The van der Waals surface area contributed by atoms with Gasteiger partial charge in [-0.05, 0) is 12.5 Å². The number of methoxy groups -OCH3 is 1. The molecule has 0 aliphatic rings.